The molecule has 170 valence electrons. The number of thiophene rings is 1. The van der Waals surface area contributed by atoms with E-state index in [0.29, 0.717) is 23.1 Å². The van der Waals surface area contributed by atoms with Crippen LogP contribution in [0.5, 0.6) is 11.5 Å². The van der Waals surface area contributed by atoms with Gasteiger partial charge in [0.15, 0.2) is 0 Å². The minimum Gasteiger partial charge on any atom is -0.507 e. The molecule has 1 aromatic heterocycles. The second kappa shape index (κ2) is 9.29. The molecule has 1 aliphatic heterocycles. The van der Waals surface area contributed by atoms with E-state index in [-0.39, 0.29) is 22.6 Å². The molecule has 33 heavy (non-hydrogen) atoms. The number of anilines is 1. The van der Waals surface area contributed by atoms with E-state index in [1.807, 2.05) is 31.4 Å². The van der Waals surface area contributed by atoms with Crippen LogP contribution < -0.4 is 14.4 Å². The van der Waals surface area contributed by atoms with Gasteiger partial charge in [0.2, 0.25) is 0 Å². The molecule has 6 nitrogen and oxygen atoms in total. The summed E-state index contributed by atoms with van der Waals surface area (Å²) in [6, 6.07) is 13.2. The standard InChI is InChI=1S/C25H22ClNO5S/c1-4-32-16-9-7-15(8-10-16)27-21(19-6-5-11-33-19)20(23(29)25(27)30)22(28)17-12-14(2)13-18(26)24(17)31-3/h5-13,21,28H,4H2,1-3H3/b22-20-. The predicted molar refractivity (Wildman–Crippen MR) is 129 cm³/mol. The highest BCUT2D eigenvalue weighted by Gasteiger charge is 2.47. The molecule has 1 fully saturated rings. The van der Waals surface area contributed by atoms with Crippen molar-refractivity contribution in [1.29, 1.82) is 0 Å². The Kier molecular flexibility index (Phi) is 6.44. The summed E-state index contributed by atoms with van der Waals surface area (Å²) in [6.07, 6.45) is 0. The number of ether oxygens (including phenoxy) is 2. The number of benzene rings is 2. The van der Waals surface area contributed by atoms with Gasteiger partial charge in [-0.05, 0) is 67.3 Å². The van der Waals surface area contributed by atoms with Gasteiger partial charge in [0, 0.05) is 10.6 Å². The van der Waals surface area contributed by atoms with Gasteiger partial charge < -0.3 is 14.6 Å². The van der Waals surface area contributed by atoms with Gasteiger partial charge in [-0.1, -0.05) is 17.7 Å². The van der Waals surface area contributed by atoms with Crippen molar-refractivity contribution in [3.8, 4) is 11.5 Å². The number of aliphatic hydroxyl groups is 1. The van der Waals surface area contributed by atoms with Crippen molar-refractivity contribution < 1.29 is 24.2 Å². The number of Topliss-reactive ketones (excluding diaryl/α,β-unsaturated/α-hetero) is 1. The van der Waals surface area contributed by atoms with Crippen LogP contribution in [0, 0.1) is 6.92 Å². The topological polar surface area (TPSA) is 76.1 Å². The monoisotopic (exact) mass is 483 g/mol. The van der Waals surface area contributed by atoms with Crippen LogP contribution in [0.1, 0.15) is 29.0 Å². The number of rotatable bonds is 6. The molecule has 0 aliphatic carbocycles. The van der Waals surface area contributed by atoms with E-state index in [0.717, 1.165) is 10.4 Å². The first-order valence-electron chi connectivity index (χ1n) is 10.3. The molecule has 1 atom stereocenters. The summed E-state index contributed by atoms with van der Waals surface area (Å²) in [5, 5.41) is 13.5. The molecular weight excluding hydrogens is 462 g/mol. The number of methoxy groups -OCH3 is 1. The second-order valence-corrected chi connectivity index (χ2v) is 8.83. The highest BCUT2D eigenvalue weighted by Crippen LogP contribution is 2.45. The Morgan fingerprint density at radius 1 is 1.18 bits per heavy atom. The van der Waals surface area contributed by atoms with Crippen LogP contribution >= 0.6 is 22.9 Å². The van der Waals surface area contributed by atoms with Gasteiger partial charge in [0.25, 0.3) is 11.7 Å². The van der Waals surface area contributed by atoms with Crippen LogP contribution in [0.3, 0.4) is 0 Å². The largest absolute Gasteiger partial charge is 0.507 e. The molecule has 1 aliphatic rings. The summed E-state index contributed by atoms with van der Waals surface area (Å²) in [7, 11) is 1.43. The van der Waals surface area contributed by atoms with Crippen molar-refractivity contribution in [3.63, 3.8) is 0 Å². The lowest BCUT2D eigenvalue weighted by Crippen LogP contribution is -2.29. The molecule has 1 unspecified atom stereocenters. The quantitative estimate of drug-likeness (QED) is 0.275. The summed E-state index contributed by atoms with van der Waals surface area (Å²) in [4.78, 5) is 28.6. The lowest BCUT2D eigenvalue weighted by Gasteiger charge is -2.24. The van der Waals surface area contributed by atoms with Crippen LogP contribution in [-0.4, -0.2) is 30.5 Å². The molecule has 8 heteroatoms. The average molecular weight is 484 g/mol. The summed E-state index contributed by atoms with van der Waals surface area (Å²) in [5.74, 6) is -0.944. The van der Waals surface area contributed by atoms with Gasteiger partial charge in [-0.2, -0.15) is 0 Å². The number of hydrogen-bond donors (Lipinski definition) is 1. The Hall–Kier alpha value is -3.29. The lowest BCUT2D eigenvalue weighted by molar-refractivity contribution is -0.132. The molecule has 0 bridgehead atoms. The van der Waals surface area contributed by atoms with Crippen molar-refractivity contribution in [3.05, 3.63) is 80.5 Å². The van der Waals surface area contributed by atoms with Gasteiger partial charge in [-0.25, -0.2) is 0 Å². The number of aryl methyl sites for hydroxylation is 1. The fourth-order valence-electron chi connectivity index (χ4n) is 3.94. The highest BCUT2D eigenvalue weighted by atomic mass is 35.5. The average Bonchev–Trinajstić information content (AvgIpc) is 3.41. The first-order chi connectivity index (χ1) is 15.9. The first-order valence-corrected chi connectivity index (χ1v) is 11.5. The molecule has 2 aromatic carbocycles. The number of aliphatic hydroxyl groups excluding tert-OH is 1. The van der Waals surface area contributed by atoms with Crippen LogP contribution in [0.25, 0.3) is 5.76 Å². The fourth-order valence-corrected chi connectivity index (χ4v) is 5.12. The third-order valence-corrected chi connectivity index (χ3v) is 6.54. The van der Waals surface area contributed by atoms with E-state index >= 15 is 0 Å². The van der Waals surface area contributed by atoms with Gasteiger partial charge >= 0.3 is 0 Å². The molecular formula is C25H22ClNO5S. The normalized spacial score (nSPS) is 17.5. The molecule has 1 saturated heterocycles. The maximum atomic E-state index is 13.2. The zero-order chi connectivity index (χ0) is 23.7. The van der Waals surface area contributed by atoms with Gasteiger partial charge in [0.1, 0.15) is 23.3 Å². The summed E-state index contributed by atoms with van der Waals surface area (Å²) in [6.45, 7) is 4.21. The molecule has 2 heterocycles. The second-order valence-electron chi connectivity index (χ2n) is 7.44. The van der Waals surface area contributed by atoms with Crippen LogP contribution in [0.2, 0.25) is 5.02 Å². The zero-order valence-electron chi connectivity index (χ0n) is 18.3. The third kappa shape index (κ3) is 4.10. The molecule has 4 rings (SSSR count). The highest BCUT2D eigenvalue weighted by molar-refractivity contribution is 7.10. The number of halogens is 1. The van der Waals surface area contributed by atoms with Crippen LogP contribution in [-0.2, 0) is 9.59 Å². The number of hydrogen-bond acceptors (Lipinski definition) is 6. The van der Waals surface area contributed by atoms with E-state index < -0.39 is 17.7 Å². The van der Waals surface area contributed by atoms with Crippen molar-refractivity contribution in [2.45, 2.75) is 19.9 Å². The van der Waals surface area contributed by atoms with Crippen LogP contribution in [0.4, 0.5) is 5.69 Å². The maximum absolute atomic E-state index is 13.2. The first kappa shape index (κ1) is 22.9. The van der Waals surface area contributed by atoms with Crippen molar-refractivity contribution >= 4 is 46.1 Å². The van der Waals surface area contributed by atoms with Gasteiger partial charge in [-0.15, -0.1) is 11.3 Å². The Bertz CT molecular complexity index is 1230. The Balaban J connectivity index is 1.92. The number of ketones is 1. The fraction of sp³-hybridized carbons (Fsp3) is 0.200. The Morgan fingerprint density at radius 2 is 1.91 bits per heavy atom. The summed E-state index contributed by atoms with van der Waals surface area (Å²) < 4.78 is 10.9. The maximum Gasteiger partial charge on any atom is 0.300 e. The van der Waals surface area contributed by atoms with E-state index in [2.05, 4.69) is 0 Å². The van der Waals surface area contributed by atoms with E-state index in [9.17, 15) is 14.7 Å². The molecule has 0 radical (unpaired) electrons. The smallest absolute Gasteiger partial charge is 0.300 e. The summed E-state index contributed by atoms with van der Waals surface area (Å²) >= 11 is 7.71. The van der Waals surface area contributed by atoms with E-state index in [4.69, 9.17) is 21.1 Å². The minimum absolute atomic E-state index is 0.0173. The lowest BCUT2D eigenvalue weighted by atomic mass is 9.98. The number of carbonyl (C=O) groups is 2. The minimum atomic E-state index is -0.799. The van der Waals surface area contributed by atoms with E-state index in [1.165, 1.54) is 23.3 Å². The van der Waals surface area contributed by atoms with Crippen LogP contribution in [0.15, 0.2) is 59.5 Å². The van der Waals surface area contributed by atoms with Gasteiger partial charge in [0.05, 0.1) is 29.9 Å². The van der Waals surface area contributed by atoms with Crippen molar-refractivity contribution in [1.82, 2.24) is 0 Å². The number of nitrogens with zero attached hydrogens (tertiary/aromatic N) is 1. The van der Waals surface area contributed by atoms with Gasteiger partial charge in [-0.3, -0.25) is 14.5 Å². The zero-order valence-corrected chi connectivity index (χ0v) is 19.9. The Morgan fingerprint density at radius 3 is 2.52 bits per heavy atom. The summed E-state index contributed by atoms with van der Waals surface area (Å²) in [5.41, 5.74) is 1.54. The Labute approximate surface area is 200 Å². The third-order valence-electron chi connectivity index (χ3n) is 5.33. The SMILES string of the molecule is CCOc1ccc(N2C(=O)C(=O)/C(=C(\O)c3cc(C)cc(Cl)c3OC)C2c2cccs2)cc1. The van der Waals surface area contributed by atoms with E-state index in [1.54, 1.807) is 36.4 Å². The molecule has 1 N–H and O–H groups in total. The van der Waals surface area contributed by atoms with Crippen molar-refractivity contribution in [2.24, 2.45) is 0 Å². The molecule has 3 aromatic rings. The molecule has 0 spiro atoms. The van der Waals surface area contributed by atoms with Crippen molar-refractivity contribution in [2.75, 3.05) is 18.6 Å². The molecule has 1 amide bonds. The number of carbonyl (C=O) groups excluding carboxylic acids is 2. The number of amides is 1. The molecule has 0 saturated carbocycles. The predicted octanol–water partition coefficient (Wildman–Crippen LogP) is 5.74.